The van der Waals surface area contributed by atoms with E-state index in [9.17, 15) is 4.39 Å². The molecular formula is C13H15FN2. The molecule has 1 heterocycles. The van der Waals surface area contributed by atoms with Gasteiger partial charge in [0.05, 0.1) is 5.52 Å². The number of halogens is 1. The minimum Gasteiger partial charge on any atom is -0.346 e. The van der Waals surface area contributed by atoms with Crippen LogP contribution in [0.15, 0.2) is 24.3 Å². The van der Waals surface area contributed by atoms with Gasteiger partial charge in [0.2, 0.25) is 0 Å². The van der Waals surface area contributed by atoms with Crippen LogP contribution in [0.25, 0.3) is 10.9 Å². The van der Waals surface area contributed by atoms with Crippen LogP contribution < -0.4 is 5.32 Å². The Hall–Kier alpha value is -1.35. The molecule has 3 rings (SSSR count). The summed E-state index contributed by atoms with van der Waals surface area (Å²) >= 11 is 0. The highest BCUT2D eigenvalue weighted by Gasteiger charge is 2.20. The first-order valence-electron chi connectivity index (χ1n) is 5.72. The van der Waals surface area contributed by atoms with Gasteiger partial charge in [-0.15, -0.1) is 0 Å². The Morgan fingerprint density at radius 3 is 2.94 bits per heavy atom. The van der Waals surface area contributed by atoms with Crippen LogP contribution in [0.4, 0.5) is 4.39 Å². The van der Waals surface area contributed by atoms with Crippen LogP contribution in [-0.2, 0) is 13.6 Å². The SMILES string of the molecule is Cn1c(CNC2CC2)cc2c(F)cccc21. The Morgan fingerprint density at radius 2 is 2.25 bits per heavy atom. The zero-order valence-corrected chi connectivity index (χ0v) is 9.33. The van der Waals surface area contributed by atoms with Crippen LogP contribution in [0.1, 0.15) is 18.5 Å². The van der Waals surface area contributed by atoms with Gasteiger partial charge in [0, 0.05) is 30.7 Å². The third-order valence-electron chi connectivity index (χ3n) is 3.28. The van der Waals surface area contributed by atoms with E-state index in [0.717, 1.165) is 23.1 Å². The van der Waals surface area contributed by atoms with Gasteiger partial charge in [0.1, 0.15) is 5.82 Å². The molecular weight excluding hydrogens is 203 g/mol. The van der Waals surface area contributed by atoms with Gasteiger partial charge in [0.15, 0.2) is 0 Å². The van der Waals surface area contributed by atoms with Crippen LogP contribution in [-0.4, -0.2) is 10.6 Å². The molecule has 1 aliphatic carbocycles. The highest BCUT2D eigenvalue weighted by molar-refractivity contribution is 5.81. The minimum absolute atomic E-state index is 0.134. The van der Waals surface area contributed by atoms with Gasteiger partial charge in [-0.2, -0.15) is 0 Å². The molecule has 1 aliphatic rings. The Labute approximate surface area is 94.1 Å². The number of benzene rings is 1. The van der Waals surface area contributed by atoms with E-state index < -0.39 is 0 Å². The van der Waals surface area contributed by atoms with E-state index in [1.54, 1.807) is 6.07 Å². The maximum absolute atomic E-state index is 13.6. The lowest BCUT2D eigenvalue weighted by atomic mass is 10.2. The first-order chi connectivity index (χ1) is 7.75. The van der Waals surface area contributed by atoms with Crippen molar-refractivity contribution >= 4 is 10.9 Å². The molecule has 0 amide bonds. The van der Waals surface area contributed by atoms with Crippen LogP contribution in [0.3, 0.4) is 0 Å². The van der Waals surface area contributed by atoms with Gasteiger partial charge >= 0.3 is 0 Å². The van der Waals surface area contributed by atoms with Crippen LogP contribution >= 0.6 is 0 Å². The van der Waals surface area contributed by atoms with E-state index >= 15 is 0 Å². The zero-order chi connectivity index (χ0) is 11.1. The van der Waals surface area contributed by atoms with Gasteiger partial charge in [-0.05, 0) is 31.0 Å². The van der Waals surface area contributed by atoms with Crippen molar-refractivity contribution in [2.75, 3.05) is 0 Å². The average molecular weight is 218 g/mol. The van der Waals surface area contributed by atoms with Crippen molar-refractivity contribution < 1.29 is 4.39 Å². The lowest BCUT2D eigenvalue weighted by Crippen LogP contribution is -2.17. The highest BCUT2D eigenvalue weighted by Crippen LogP contribution is 2.23. The third-order valence-corrected chi connectivity index (χ3v) is 3.28. The maximum Gasteiger partial charge on any atom is 0.132 e. The quantitative estimate of drug-likeness (QED) is 0.837. The predicted octanol–water partition coefficient (Wildman–Crippen LogP) is 2.57. The minimum atomic E-state index is -0.134. The second-order valence-corrected chi connectivity index (χ2v) is 4.52. The molecule has 0 atom stereocenters. The van der Waals surface area contributed by atoms with E-state index in [1.165, 1.54) is 18.9 Å². The maximum atomic E-state index is 13.6. The normalized spacial score (nSPS) is 15.9. The number of aromatic nitrogens is 1. The average Bonchev–Trinajstić information content (AvgIpc) is 3.04. The molecule has 16 heavy (non-hydrogen) atoms. The van der Waals surface area contributed by atoms with Crippen LogP contribution in [0.2, 0.25) is 0 Å². The smallest absolute Gasteiger partial charge is 0.132 e. The second-order valence-electron chi connectivity index (χ2n) is 4.52. The first-order valence-corrected chi connectivity index (χ1v) is 5.72. The molecule has 2 nitrogen and oxygen atoms in total. The third kappa shape index (κ3) is 1.61. The zero-order valence-electron chi connectivity index (χ0n) is 9.33. The van der Waals surface area contributed by atoms with Crippen molar-refractivity contribution in [1.29, 1.82) is 0 Å². The van der Waals surface area contributed by atoms with E-state index in [4.69, 9.17) is 0 Å². The number of aryl methyl sites for hydroxylation is 1. The molecule has 0 spiro atoms. The topological polar surface area (TPSA) is 17.0 Å². The molecule has 1 aromatic carbocycles. The molecule has 2 aromatic rings. The van der Waals surface area contributed by atoms with E-state index in [0.29, 0.717) is 6.04 Å². The van der Waals surface area contributed by atoms with Crippen LogP contribution in [0.5, 0.6) is 0 Å². The monoisotopic (exact) mass is 218 g/mol. The largest absolute Gasteiger partial charge is 0.346 e. The van der Waals surface area contributed by atoms with Gasteiger partial charge < -0.3 is 9.88 Å². The molecule has 3 heteroatoms. The predicted molar refractivity (Wildman–Crippen MR) is 62.7 cm³/mol. The Morgan fingerprint density at radius 1 is 1.44 bits per heavy atom. The first kappa shape index (κ1) is 9.85. The highest BCUT2D eigenvalue weighted by atomic mass is 19.1. The Bertz CT molecular complexity index is 526. The number of hydrogen-bond acceptors (Lipinski definition) is 1. The molecule has 0 unspecified atom stereocenters. The number of nitrogens with one attached hydrogen (secondary N) is 1. The standard InChI is InChI=1S/C13H15FN2/c1-16-10(8-15-9-5-6-9)7-11-12(14)3-2-4-13(11)16/h2-4,7,9,15H,5-6,8H2,1H3. The van der Waals surface area contributed by atoms with Gasteiger partial charge in [-0.1, -0.05) is 6.07 Å². The summed E-state index contributed by atoms with van der Waals surface area (Å²) in [6.07, 6.45) is 2.55. The molecule has 84 valence electrons. The summed E-state index contributed by atoms with van der Waals surface area (Å²) in [7, 11) is 1.99. The lowest BCUT2D eigenvalue weighted by molar-refractivity contribution is 0.640. The summed E-state index contributed by atoms with van der Waals surface area (Å²) in [5, 5.41) is 4.17. The summed E-state index contributed by atoms with van der Waals surface area (Å²) in [5.41, 5.74) is 2.11. The van der Waals surface area contributed by atoms with E-state index in [1.807, 2.05) is 19.2 Å². The number of hydrogen-bond donors (Lipinski definition) is 1. The van der Waals surface area contributed by atoms with E-state index in [-0.39, 0.29) is 5.82 Å². The van der Waals surface area contributed by atoms with Gasteiger partial charge in [-0.3, -0.25) is 0 Å². The molecule has 1 fully saturated rings. The number of rotatable bonds is 3. The molecule has 1 aromatic heterocycles. The van der Waals surface area contributed by atoms with Crippen molar-refractivity contribution in [3.05, 3.63) is 35.8 Å². The summed E-state index contributed by atoms with van der Waals surface area (Å²) in [6.45, 7) is 0.829. The Balaban J connectivity index is 1.97. The van der Waals surface area contributed by atoms with Gasteiger partial charge in [0.25, 0.3) is 0 Å². The molecule has 1 saturated carbocycles. The second kappa shape index (κ2) is 3.59. The lowest BCUT2D eigenvalue weighted by Gasteiger charge is -2.04. The van der Waals surface area contributed by atoms with Crippen molar-refractivity contribution in [2.45, 2.75) is 25.4 Å². The van der Waals surface area contributed by atoms with Crippen molar-refractivity contribution in [3.8, 4) is 0 Å². The van der Waals surface area contributed by atoms with Gasteiger partial charge in [-0.25, -0.2) is 4.39 Å². The summed E-state index contributed by atoms with van der Waals surface area (Å²) in [6, 6.07) is 7.86. The summed E-state index contributed by atoms with van der Waals surface area (Å²) < 4.78 is 15.6. The van der Waals surface area contributed by atoms with Crippen LogP contribution in [0, 0.1) is 5.82 Å². The molecule has 1 N–H and O–H groups in total. The number of nitrogens with zero attached hydrogens (tertiary/aromatic N) is 1. The molecule has 0 aliphatic heterocycles. The fourth-order valence-corrected chi connectivity index (χ4v) is 2.09. The fourth-order valence-electron chi connectivity index (χ4n) is 2.09. The van der Waals surface area contributed by atoms with Crippen molar-refractivity contribution in [2.24, 2.45) is 7.05 Å². The van der Waals surface area contributed by atoms with Crippen molar-refractivity contribution in [1.82, 2.24) is 9.88 Å². The summed E-state index contributed by atoms with van der Waals surface area (Å²) in [4.78, 5) is 0. The molecule has 0 saturated heterocycles. The Kier molecular flexibility index (Phi) is 2.21. The fraction of sp³-hybridized carbons (Fsp3) is 0.385. The number of fused-ring (bicyclic) bond motifs is 1. The van der Waals surface area contributed by atoms with E-state index in [2.05, 4.69) is 9.88 Å². The molecule has 0 bridgehead atoms. The molecule has 0 radical (unpaired) electrons. The summed E-state index contributed by atoms with van der Waals surface area (Å²) in [5.74, 6) is -0.134. The van der Waals surface area contributed by atoms with Crippen molar-refractivity contribution in [3.63, 3.8) is 0 Å².